The number of rotatable bonds is 9. The zero-order valence-electron chi connectivity index (χ0n) is 17.0. The topological polar surface area (TPSA) is 22.1 Å². The average Bonchev–Trinajstić information content (AvgIpc) is 2.55. The monoisotopic (exact) mass is 403 g/mol. The third kappa shape index (κ3) is 6.23. The van der Waals surface area contributed by atoms with Gasteiger partial charge in [0.05, 0.1) is 16.1 Å². The molecule has 0 aliphatic carbocycles. The van der Waals surface area contributed by atoms with Crippen LogP contribution in [0.4, 0.5) is 0 Å². The Morgan fingerprint density at radius 2 is 1.48 bits per heavy atom. The Balaban J connectivity index is 3.14. The molecule has 0 amide bonds. The highest BCUT2D eigenvalue weighted by atomic mass is 35.5. The number of nitrogens with zero attached hydrogens (tertiary/aromatic N) is 1. The van der Waals surface area contributed by atoms with Crippen LogP contribution in [0.2, 0.25) is 28.2 Å². The van der Waals surface area contributed by atoms with Gasteiger partial charge in [-0.2, -0.15) is 0 Å². The molecular weight excluding hydrogens is 369 g/mol. The van der Waals surface area contributed by atoms with Crippen LogP contribution in [-0.4, -0.2) is 13.3 Å². The van der Waals surface area contributed by atoms with Crippen LogP contribution in [-0.2, 0) is 4.43 Å². The molecule has 25 heavy (non-hydrogen) atoms. The largest absolute Gasteiger partial charge is 0.410 e. The molecule has 2 atom stereocenters. The number of pyridine rings is 1. The summed E-state index contributed by atoms with van der Waals surface area (Å²) in [5.41, 5.74) is 1.21. The first kappa shape index (κ1) is 22.9. The fourth-order valence-electron chi connectivity index (χ4n) is 3.13. The molecule has 1 unspecified atom stereocenters. The minimum Gasteiger partial charge on any atom is -0.410 e. The van der Waals surface area contributed by atoms with E-state index in [1.165, 1.54) is 0 Å². The van der Waals surface area contributed by atoms with Gasteiger partial charge in [0.1, 0.15) is 0 Å². The summed E-state index contributed by atoms with van der Waals surface area (Å²) in [6, 6.07) is 3.35. The van der Waals surface area contributed by atoms with Crippen molar-refractivity contribution in [3.05, 3.63) is 28.0 Å². The van der Waals surface area contributed by atoms with Crippen molar-refractivity contribution in [2.45, 2.75) is 85.5 Å². The lowest BCUT2D eigenvalue weighted by Gasteiger charge is -2.35. The maximum Gasteiger partial charge on any atom is 0.192 e. The zero-order valence-corrected chi connectivity index (χ0v) is 19.5. The van der Waals surface area contributed by atoms with Crippen LogP contribution in [0.15, 0.2) is 12.4 Å². The molecule has 0 aliphatic rings. The SMILES string of the molecule is CC[Si](CC)(CC)OC(CC[C@H](C)C(C)(C)C)c1c(Cl)cncc1Cl. The van der Waals surface area contributed by atoms with E-state index >= 15 is 0 Å². The van der Waals surface area contributed by atoms with Gasteiger partial charge in [0.15, 0.2) is 8.32 Å². The standard InChI is InChI=1S/C20H35Cl2NOSi/c1-8-25(9-2,10-3)24-18(12-11-15(4)20(5,6)7)19-16(21)13-23-14-17(19)22/h13-15,18H,8-12H2,1-7H3/t15-,18?/m0/s1. The van der Waals surface area contributed by atoms with Crippen LogP contribution in [0.3, 0.4) is 0 Å². The fourth-order valence-corrected chi connectivity index (χ4v) is 6.57. The zero-order chi connectivity index (χ0) is 19.3. The van der Waals surface area contributed by atoms with Gasteiger partial charge in [0, 0.05) is 18.0 Å². The molecule has 1 rings (SSSR count). The van der Waals surface area contributed by atoms with E-state index in [1.807, 2.05) is 0 Å². The van der Waals surface area contributed by atoms with Crippen molar-refractivity contribution in [3.8, 4) is 0 Å². The molecule has 1 aromatic rings. The minimum absolute atomic E-state index is 0.0423. The molecule has 1 aromatic heterocycles. The smallest absolute Gasteiger partial charge is 0.192 e. The van der Waals surface area contributed by atoms with Crippen LogP contribution in [0.1, 0.15) is 73.0 Å². The molecular formula is C20H35Cl2NOSi. The maximum atomic E-state index is 6.84. The molecule has 0 saturated carbocycles. The Bertz CT molecular complexity index is 512. The quantitative estimate of drug-likeness (QED) is 0.390. The molecule has 5 heteroatoms. The average molecular weight is 404 g/mol. The van der Waals surface area contributed by atoms with E-state index in [0.29, 0.717) is 16.0 Å². The second-order valence-electron chi connectivity index (χ2n) is 8.21. The lowest BCUT2D eigenvalue weighted by Crippen LogP contribution is -2.37. The number of aromatic nitrogens is 1. The maximum absolute atomic E-state index is 6.84. The van der Waals surface area contributed by atoms with E-state index < -0.39 is 8.32 Å². The molecule has 0 aliphatic heterocycles. The molecule has 0 bridgehead atoms. The van der Waals surface area contributed by atoms with Crippen molar-refractivity contribution in [2.75, 3.05) is 0 Å². The fraction of sp³-hybridized carbons (Fsp3) is 0.750. The van der Waals surface area contributed by atoms with Crippen molar-refractivity contribution in [1.82, 2.24) is 4.98 Å². The highest BCUT2D eigenvalue weighted by molar-refractivity contribution is 6.73. The predicted molar refractivity (Wildman–Crippen MR) is 113 cm³/mol. The highest BCUT2D eigenvalue weighted by Crippen LogP contribution is 2.40. The number of hydrogen-bond donors (Lipinski definition) is 0. The van der Waals surface area contributed by atoms with Gasteiger partial charge in [0.2, 0.25) is 0 Å². The van der Waals surface area contributed by atoms with Crippen molar-refractivity contribution >= 4 is 31.5 Å². The van der Waals surface area contributed by atoms with Crippen molar-refractivity contribution in [3.63, 3.8) is 0 Å². The molecule has 144 valence electrons. The summed E-state index contributed by atoms with van der Waals surface area (Å²) in [6.07, 6.45) is 5.35. The van der Waals surface area contributed by atoms with E-state index in [9.17, 15) is 0 Å². The first-order chi connectivity index (χ1) is 11.6. The predicted octanol–water partition coefficient (Wildman–Crippen LogP) is 7.91. The Kier molecular flexibility index (Phi) is 8.93. The summed E-state index contributed by atoms with van der Waals surface area (Å²) in [5, 5.41) is 1.24. The van der Waals surface area contributed by atoms with E-state index in [0.717, 1.165) is 36.5 Å². The first-order valence-electron chi connectivity index (χ1n) is 9.56. The molecule has 0 saturated heterocycles. The second kappa shape index (κ2) is 9.73. The van der Waals surface area contributed by atoms with Gasteiger partial charge < -0.3 is 4.43 Å². The summed E-state index contributed by atoms with van der Waals surface area (Å²) in [7, 11) is -1.76. The summed E-state index contributed by atoms with van der Waals surface area (Å²) in [6.45, 7) is 16.0. The van der Waals surface area contributed by atoms with Crippen molar-refractivity contribution in [1.29, 1.82) is 0 Å². The Morgan fingerprint density at radius 3 is 1.88 bits per heavy atom. The lowest BCUT2D eigenvalue weighted by atomic mass is 9.79. The first-order valence-corrected chi connectivity index (χ1v) is 12.9. The summed E-state index contributed by atoms with van der Waals surface area (Å²) in [4.78, 5) is 4.11. The molecule has 0 aromatic carbocycles. The van der Waals surface area contributed by atoms with Gasteiger partial charge in [-0.25, -0.2) is 0 Å². The summed E-state index contributed by atoms with van der Waals surface area (Å²) in [5.74, 6) is 0.596. The lowest BCUT2D eigenvalue weighted by molar-refractivity contribution is 0.150. The van der Waals surface area contributed by atoms with E-state index in [-0.39, 0.29) is 11.5 Å². The molecule has 0 radical (unpaired) electrons. The molecule has 0 spiro atoms. The summed E-state index contributed by atoms with van der Waals surface area (Å²) >= 11 is 13.0. The van der Waals surface area contributed by atoms with Gasteiger partial charge >= 0.3 is 0 Å². The highest BCUT2D eigenvalue weighted by Gasteiger charge is 2.34. The van der Waals surface area contributed by atoms with Crippen LogP contribution >= 0.6 is 23.2 Å². The van der Waals surface area contributed by atoms with E-state index in [4.69, 9.17) is 27.6 Å². The molecule has 1 heterocycles. The second-order valence-corrected chi connectivity index (χ2v) is 13.7. The van der Waals surface area contributed by atoms with Crippen molar-refractivity contribution < 1.29 is 4.43 Å². The Morgan fingerprint density at radius 1 is 1.00 bits per heavy atom. The number of halogens is 2. The molecule has 2 nitrogen and oxygen atoms in total. The van der Waals surface area contributed by atoms with Crippen LogP contribution < -0.4 is 0 Å². The number of hydrogen-bond acceptors (Lipinski definition) is 2. The minimum atomic E-state index is -1.76. The normalized spacial score (nSPS) is 15.2. The Hall–Kier alpha value is -0.0931. The van der Waals surface area contributed by atoms with Crippen LogP contribution in [0, 0.1) is 11.3 Å². The van der Waals surface area contributed by atoms with Gasteiger partial charge in [-0.15, -0.1) is 0 Å². The van der Waals surface area contributed by atoms with Crippen LogP contribution in [0.5, 0.6) is 0 Å². The van der Waals surface area contributed by atoms with E-state index in [2.05, 4.69) is 53.5 Å². The van der Waals surface area contributed by atoms with Gasteiger partial charge in [-0.05, 0) is 42.3 Å². The van der Waals surface area contributed by atoms with Gasteiger partial charge in [-0.1, -0.05) is 71.7 Å². The molecule has 0 fully saturated rings. The Labute approximate surface area is 165 Å². The third-order valence-corrected chi connectivity index (χ3v) is 11.1. The molecule has 0 N–H and O–H groups in total. The van der Waals surface area contributed by atoms with Crippen LogP contribution in [0.25, 0.3) is 0 Å². The van der Waals surface area contributed by atoms with Gasteiger partial charge in [-0.3, -0.25) is 4.98 Å². The summed E-state index contributed by atoms with van der Waals surface area (Å²) < 4.78 is 6.84. The third-order valence-electron chi connectivity index (χ3n) is 5.88. The van der Waals surface area contributed by atoms with E-state index in [1.54, 1.807) is 12.4 Å². The van der Waals surface area contributed by atoms with Crippen molar-refractivity contribution in [2.24, 2.45) is 11.3 Å². The van der Waals surface area contributed by atoms with Gasteiger partial charge in [0.25, 0.3) is 0 Å².